The van der Waals surface area contributed by atoms with Crippen LogP contribution in [0.2, 0.25) is 0 Å². The summed E-state index contributed by atoms with van der Waals surface area (Å²) in [5.74, 6) is -0.559. The third-order valence-electron chi connectivity index (χ3n) is 4.89. The summed E-state index contributed by atoms with van der Waals surface area (Å²) in [5.41, 5.74) is 3.05. The van der Waals surface area contributed by atoms with Crippen molar-refractivity contribution in [2.75, 3.05) is 0 Å². The number of fused-ring (bicyclic) bond motifs is 1. The minimum absolute atomic E-state index is 0.0396. The van der Waals surface area contributed by atoms with Crippen molar-refractivity contribution in [2.24, 2.45) is 0 Å². The van der Waals surface area contributed by atoms with E-state index in [1.807, 2.05) is 30.3 Å². The molecule has 0 unspecified atom stereocenters. The quantitative estimate of drug-likeness (QED) is 0.538. The molecule has 3 rings (SSSR count). The topological polar surface area (TPSA) is 43.4 Å². The average Bonchev–Trinajstić information content (AvgIpc) is 3.04. The zero-order chi connectivity index (χ0) is 18.9. The molecule has 0 radical (unpaired) electrons. The zero-order valence-corrected chi connectivity index (χ0v) is 16.7. The molecule has 26 heavy (non-hydrogen) atoms. The normalized spacial score (nSPS) is 15.2. The summed E-state index contributed by atoms with van der Waals surface area (Å²) in [6, 6.07) is 9.51. The molecular formula is C22H26O3S. The summed E-state index contributed by atoms with van der Waals surface area (Å²) in [4.78, 5) is 26.9. The summed E-state index contributed by atoms with van der Waals surface area (Å²) < 4.78 is 5.45. The highest BCUT2D eigenvalue weighted by atomic mass is 32.1. The van der Waals surface area contributed by atoms with Gasteiger partial charge in [-0.2, -0.15) is 0 Å². The van der Waals surface area contributed by atoms with Crippen LogP contribution in [0.1, 0.15) is 76.6 Å². The maximum atomic E-state index is 12.6. The Hall–Kier alpha value is -1.94. The van der Waals surface area contributed by atoms with E-state index in [4.69, 9.17) is 4.74 Å². The fraction of sp³-hybridized carbons (Fsp3) is 0.455. The number of rotatable bonds is 4. The van der Waals surface area contributed by atoms with Crippen molar-refractivity contribution >= 4 is 23.1 Å². The van der Waals surface area contributed by atoms with Gasteiger partial charge in [-0.3, -0.25) is 4.79 Å². The Morgan fingerprint density at radius 1 is 1.08 bits per heavy atom. The van der Waals surface area contributed by atoms with E-state index in [9.17, 15) is 9.59 Å². The van der Waals surface area contributed by atoms with Crippen molar-refractivity contribution in [3.05, 3.63) is 56.8 Å². The molecule has 2 aromatic rings. The number of benzene rings is 1. The van der Waals surface area contributed by atoms with E-state index in [2.05, 4.69) is 20.8 Å². The number of thiophene rings is 1. The molecule has 0 bridgehead atoms. The van der Waals surface area contributed by atoms with Crippen LogP contribution in [-0.4, -0.2) is 17.9 Å². The Balaban J connectivity index is 1.67. The van der Waals surface area contributed by atoms with Gasteiger partial charge in [0.2, 0.25) is 5.78 Å². The maximum Gasteiger partial charge on any atom is 0.349 e. The van der Waals surface area contributed by atoms with E-state index in [1.54, 1.807) is 6.92 Å². The second kappa shape index (κ2) is 7.36. The lowest BCUT2D eigenvalue weighted by Crippen LogP contribution is -2.24. The molecule has 3 nitrogen and oxygen atoms in total. The number of esters is 1. The number of aryl methyl sites for hydroxylation is 2. The Morgan fingerprint density at radius 2 is 1.73 bits per heavy atom. The molecule has 1 heterocycles. The Labute approximate surface area is 159 Å². The van der Waals surface area contributed by atoms with Crippen LogP contribution in [0.5, 0.6) is 0 Å². The predicted octanol–water partition coefficient (Wildman–Crippen LogP) is 5.35. The molecule has 0 saturated heterocycles. The van der Waals surface area contributed by atoms with Gasteiger partial charge in [0.05, 0.1) is 0 Å². The summed E-state index contributed by atoms with van der Waals surface area (Å²) in [5, 5.41) is 0. The van der Waals surface area contributed by atoms with Crippen LogP contribution in [0, 0.1) is 0 Å². The second-order valence-corrected chi connectivity index (χ2v) is 9.14. The SMILES string of the molecule is C[C@@H](OC(=O)c1cc2c(s1)CCCC2)C(=O)c1ccc(C(C)(C)C)cc1. The number of Topliss-reactive ketones (excluding diaryl/α,β-unsaturated/α-hetero) is 1. The van der Waals surface area contributed by atoms with Crippen LogP contribution in [0.25, 0.3) is 0 Å². The first kappa shape index (κ1) is 18.8. The van der Waals surface area contributed by atoms with Gasteiger partial charge in [0, 0.05) is 10.4 Å². The summed E-state index contributed by atoms with van der Waals surface area (Å²) in [6.07, 6.45) is 3.65. The molecule has 0 saturated carbocycles. The first-order chi connectivity index (χ1) is 12.3. The lowest BCUT2D eigenvalue weighted by atomic mass is 9.86. The Kier molecular flexibility index (Phi) is 5.33. The Morgan fingerprint density at radius 3 is 2.35 bits per heavy atom. The monoisotopic (exact) mass is 370 g/mol. The van der Waals surface area contributed by atoms with E-state index in [1.165, 1.54) is 40.2 Å². The first-order valence-corrected chi connectivity index (χ1v) is 10.0. The fourth-order valence-corrected chi connectivity index (χ4v) is 4.37. The largest absolute Gasteiger partial charge is 0.450 e. The van der Waals surface area contributed by atoms with Crippen LogP contribution in [-0.2, 0) is 23.0 Å². The lowest BCUT2D eigenvalue weighted by molar-refractivity contribution is 0.0323. The van der Waals surface area contributed by atoms with Crippen LogP contribution in [0.4, 0.5) is 0 Å². The molecular weight excluding hydrogens is 344 g/mol. The van der Waals surface area contributed by atoms with Crippen molar-refractivity contribution in [3.63, 3.8) is 0 Å². The van der Waals surface area contributed by atoms with E-state index < -0.39 is 12.1 Å². The first-order valence-electron chi connectivity index (χ1n) is 9.23. The molecule has 4 heteroatoms. The predicted molar refractivity (Wildman–Crippen MR) is 105 cm³/mol. The van der Waals surface area contributed by atoms with Gasteiger partial charge in [-0.25, -0.2) is 4.79 Å². The smallest absolute Gasteiger partial charge is 0.349 e. The third kappa shape index (κ3) is 4.07. The second-order valence-electron chi connectivity index (χ2n) is 8.01. The summed E-state index contributed by atoms with van der Waals surface area (Å²) in [6.45, 7) is 8.05. The number of carbonyl (C=O) groups excluding carboxylic acids is 2. The standard InChI is InChI=1S/C22H26O3S/c1-14(20(23)15-9-11-17(12-10-15)22(2,3)4)25-21(24)19-13-16-7-5-6-8-18(16)26-19/h9-14H,5-8H2,1-4H3/t14-/m1/s1. The number of ketones is 1. The Bertz CT molecular complexity index is 785. The van der Waals surface area contributed by atoms with E-state index in [0.717, 1.165) is 12.8 Å². The van der Waals surface area contributed by atoms with Gasteiger partial charge >= 0.3 is 5.97 Å². The van der Waals surface area contributed by atoms with Crippen molar-refractivity contribution in [1.82, 2.24) is 0 Å². The van der Waals surface area contributed by atoms with Gasteiger partial charge in [0.15, 0.2) is 6.10 Å². The number of carbonyl (C=O) groups is 2. The highest BCUT2D eigenvalue weighted by molar-refractivity contribution is 7.14. The number of ether oxygens (including phenoxy) is 1. The molecule has 0 aliphatic heterocycles. The van der Waals surface area contributed by atoms with Gasteiger partial charge in [0.1, 0.15) is 4.88 Å². The van der Waals surface area contributed by atoms with Gasteiger partial charge in [-0.1, -0.05) is 45.0 Å². The molecule has 1 aromatic carbocycles. The molecule has 0 N–H and O–H groups in total. The summed E-state index contributed by atoms with van der Waals surface area (Å²) >= 11 is 1.51. The highest BCUT2D eigenvalue weighted by Gasteiger charge is 2.24. The molecule has 0 spiro atoms. The highest BCUT2D eigenvalue weighted by Crippen LogP contribution is 2.30. The van der Waals surface area contributed by atoms with Crippen molar-refractivity contribution in [3.8, 4) is 0 Å². The minimum atomic E-state index is -0.790. The maximum absolute atomic E-state index is 12.6. The molecule has 0 fully saturated rings. The molecule has 0 amide bonds. The molecule has 1 aromatic heterocycles. The fourth-order valence-electron chi connectivity index (χ4n) is 3.23. The van der Waals surface area contributed by atoms with Gasteiger partial charge in [-0.15, -0.1) is 11.3 Å². The molecule has 1 aliphatic rings. The van der Waals surface area contributed by atoms with Gasteiger partial charge in [-0.05, 0) is 55.2 Å². The molecule has 1 atom stereocenters. The van der Waals surface area contributed by atoms with E-state index in [-0.39, 0.29) is 11.2 Å². The molecule has 1 aliphatic carbocycles. The van der Waals surface area contributed by atoms with E-state index in [0.29, 0.717) is 10.4 Å². The van der Waals surface area contributed by atoms with Gasteiger partial charge in [0.25, 0.3) is 0 Å². The van der Waals surface area contributed by atoms with Crippen molar-refractivity contribution in [2.45, 2.75) is 64.9 Å². The van der Waals surface area contributed by atoms with Crippen LogP contribution >= 0.6 is 11.3 Å². The number of hydrogen-bond donors (Lipinski definition) is 0. The third-order valence-corrected chi connectivity index (χ3v) is 6.10. The lowest BCUT2D eigenvalue weighted by Gasteiger charge is -2.19. The van der Waals surface area contributed by atoms with Crippen molar-refractivity contribution in [1.29, 1.82) is 0 Å². The van der Waals surface area contributed by atoms with Gasteiger partial charge < -0.3 is 4.74 Å². The number of hydrogen-bond acceptors (Lipinski definition) is 4. The molecule has 138 valence electrons. The van der Waals surface area contributed by atoms with E-state index >= 15 is 0 Å². The zero-order valence-electron chi connectivity index (χ0n) is 15.9. The van der Waals surface area contributed by atoms with Crippen molar-refractivity contribution < 1.29 is 14.3 Å². The van der Waals surface area contributed by atoms with Crippen LogP contribution in [0.3, 0.4) is 0 Å². The average molecular weight is 371 g/mol. The summed E-state index contributed by atoms with van der Waals surface area (Å²) in [7, 11) is 0. The minimum Gasteiger partial charge on any atom is -0.450 e. The van der Waals surface area contributed by atoms with Crippen LogP contribution < -0.4 is 0 Å². The van der Waals surface area contributed by atoms with Crippen LogP contribution in [0.15, 0.2) is 30.3 Å².